The topological polar surface area (TPSA) is 85.2 Å². The van der Waals surface area contributed by atoms with E-state index in [0.29, 0.717) is 55.0 Å². The van der Waals surface area contributed by atoms with Gasteiger partial charge >= 0.3 is 5.69 Å². The Bertz CT molecular complexity index is 1060. The van der Waals surface area contributed by atoms with Gasteiger partial charge in [-0.2, -0.15) is 4.98 Å². The molecule has 0 spiro atoms. The lowest BCUT2D eigenvalue weighted by Crippen LogP contribution is -2.38. The van der Waals surface area contributed by atoms with Crippen LogP contribution >= 0.6 is 11.6 Å². The number of ether oxygens (including phenoxy) is 1. The van der Waals surface area contributed by atoms with Crippen molar-refractivity contribution < 1.29 is 4.74 Å². The minimum Gasteiger partial charge on any atom is -0.378 e. The fourth-order valence-corrected chi connectivity index (χ4v) is 3.28. The highest BCUT2D eigenvalue weighted by atomic mass is 35.5. The first-order chi connectivity index (χ1) is 12.5. The number of aryl methyl sites for hydroxylation is 1. The first-order valence-corrected chi connectivity index (χ1v) is 8.69. The van der Waals surface area contributed by atoms with Crippen LogP contribution in [0.1, 0.15) is 5.56 Å². The largest absolute Gasteiger partial charge is 0.378 e. The quantitative estimate of drug-likeness (QED) is 0.737. The minimum atomic E-state index is -0.479. The predicted molar refractivity (Wildman–Crippen MR) is 99.2 cm³/mol. The van der Waals surface area contributed by atoms with Crippen molar-refractivity contribution in [3.8, 4) is 0 Å². The molecule has 26 heavy (non-hydrogen) atoms. The van der Waals surface area contributed by atoms with Crippen LogP contribution in [-0.4, -0.2) is 45.4 Å². The summed E-state index contributed by atoms with van der Waals surface area (Å²) in [6, 6.07) is 7.44. The molecule has 0 aliphatic carbocycles. The number of nitrogens with zero attached hydrogens (tertiary/aromatic N) is 4. The van der Waals surface area contributed by atoms with Gasteiger partial charge in [0.05, 0.1) is 19.8 Å². The van der Waals surface area contributed by atoms with E-state index in [1.807, 2.05) is 28.8 Å². The van der Waals surface area contributed by atoms with Crippen molar-refractivity contribution in [3.63, 3.8) is 0 Å². The molecule has 0 saturated carbocycles. The zero-order valence-electron chi connectivity index (χ0n) is 14.2. The van der Waals surface area contributed by atoms with E-state index in [-0.39, 0.29) is 0 Å². The average molecular weight is 376 g/mol. The van der Waals surface area contributed by atoms with Gasteiger partial charge in [0.25, 0.3) is 5.56 Å². The number of nitrogens with one attached hydrogen (secondary N) is 1. The van der Waals surface area contributed by atoms with Crippen LogP contribution in [0, 0.1) is 0 Å². The molecular weight excluding hydrogens is 358 g/mol. The second-order valence-corrected chi connectivity index (χ2v) is 6.65. The van der Waals surface area contributed by atoms with Crippen LogP contribution in [0.3, 0.4) is 0 Å². The summed E-state index contributed by atoms with van der Waals surface area (Å²) in [6.45, 7) is 2.99. The van der Waals surface area contributed by atoms with Gasteiger partial charge in [0.15, 0.2) is 11.2 Å². The molecule has 0 unspecified atom stereocenters. The lowest BCUT2D eigenvalue weighted by molar-refractivity contribution is 0.121. The van der Waals surface area contributed by atoms with Crippen LogP contribution in [-0.2, 0) is 18.3 Å². The minimum absolute atomic E-state index is 0.370. The standard InChI is InChI=1S/C17H18ClN5O3/c1-21-14-13(15(24)20-17(21)25)23(10-11-2-4-12(18)5-3-11)16(19-14)22-6-8-26-9-7-22/h2-5H,6-10H2,1H3,(H,20,24,25). The molecule has 8 nitrogen and oxygen atoms in total. The van der Waals surface area contributed by atoms with Crippen LogP contribution < -0.4 is 16.1 Å². The molecule has 136 valence electrons. The smallest absolute Gasteiger partial charge is 0.329 e. The van der Waals surface area contributed by atoms with E-state index in [1.54, 1.807) is 7.05 Å². The van der Waals surface area contributed by atoms with E-state index < -0.39 is 11.2 Å². The van der Waals surface area contributed by atoms with Crippen LogP contribution in [0.25, 0.3) is 11.2 Å². The van der Waals surface area contributed by atoms with Crippen LogP contribution in [0.15, 0.2) is 33.9 Å². The monoisotopic (exact) mass is 375 g/mol. The molecule has 1 aliphatic heterocycles. The van der Waals surface area contributed by atoms with Crippen molar-refractivity contribution in [2.75, 3.05) is 31.2 Å². The Morgan fingerprint density at radius 1 is 1.19 bits per heavy atom. The van der Waals surface area contributed by atoms with Gasteiger partial charge < -0.3 is 9.64 Å². The fraction of sp³-hybridized carbons (Fsp3) is 0.353. The molecule has 1 aliphatic rings. The van der Waals surface area contributed by atoms with Gasteiger partial charge in [-0.1, -0.05) is 23.7 Å². The molecule has 2 aromatic heterocycles. The summed E-state index contributed by atoms with van der Waals surface area (Å²) in [4.78, 5) is 33.5. The number of aromatic amines is 1. The summed E-state index contributed by atoms with van der Waals surface area (Å²) in [5, 5.41) is 0.651. The number of halogens is 1. The molecule has 0 radical (unpaired) electrons. The number of imidazole rings is 1. The van der Waals surface area contributed by atoms with E-state index in [0.717, 1.165) is 5.56 Å². The van der Waals surface area contributed by atoms with Crippen molar-refractivity contribution >= 4 is 28.7 Å². The van der Waals surface area contributed by atoms with Crippen LogP contribution in [0.5, 0.6) is 0 Å². The lowest BCUT2D eigenvalue weighted by atomic mass is 10.2. The number of hydrogen-bond acceptors (Lipinski definition) is 5. The molecule has 0 amide bonds. The number of benzene rings is 1. The van der Waals surface area contributed by atoms with Crippen molar-refractivity contribution in [1.82, 2.24) is 19.1 Å². The number of aromatic nitrogens is 4. The SMILES string of the molecule is Cn1c(=O)[nH]c(=O)c2c1nc(N1CCOCC1)n2Cc1ccc(Cl)cc1. The van der Waals surface area contributed by atoms with Gasteiger partial charge in [0.2, 0.25) is 5.95 Å². The molecule has 1 fully saturated rings. The molecule has 4 rings (SSSR count). The molecule has 9 heteroatoms. The van der Waals surface area contributed by atoms with Gasteiger partial charge in [0, 0.05) is 25.2 Å². The Kier molecular flexibility index (Phi) is 4.29. The normalized spacial score (nSPS) is 14.9. The highest BCUT2D eigenvalue weighted by Gasteiger charge is 2.23. The third-order valence-corrected chi connectivity index (χ3v) is 4.79. The molecule has 0 atom stereocenters. The van der Waals surface area contributed by atoms with E-state index in [9.17, 15) is 9.59 Å². The summed E-state index contributed by atoms with van der Waals surface area (Å²) >= 11 is 5.97. The van der Waals surface area contributed by atoms with Gasteiger partial charge in [-0.05, 0) is 17.7 Å². The van der Waals surface area contributed by atoms with E-state index in [2.05, 4.69) is 14.9 Å². The second kappa shape index (κ2) is 6.62. The van der Waals surface area contributed by atoms with E-state index in [1.165, 1.54) is 4.57 Å². The number of fused-ring (bicyclic) bond motifs is 1. The molecule has 3 aromatic rings. The maximum absolute atomic E-state index is 12.5. The molecule has 3 heterocycles. The maximum atomic E-state index is 12.5. The maximum Gasteiger partial charge on any atom is 0.329 e. The van der Waals surface area contributed by atoms with Crippen molar-refractivity contribution in [1.29, 1.82) is 0 Å². The molecule has 1 aromatic carbocycles. The Hall–Kier alpha value is -2.58. The Labute approximate surface area is 153 Å². The van der Waals surface area contributed by atoms with Crippen LogP contribution in [0.4, 0.5) is 5.95 Å². The third-order valence-electron chi connectivity index (χ3n) is 4.53. The summed E-state index contributed by atoms with van der Waals surface area (Å²) in [7, 11) is 1.60. The summed E-state index contributed by atoms with van der Waals surface area (Å²) in [6.07, 6.45) is 0. The van der Waals surface area contributed by atoms with E-state index in [4.69, 9.17) is 16.3 Å². The highest BCUT2D eigenvalue weighted by molar-refractivity contribution is 6.30. The second-order valence-electron chi connectivity index (χ2n) is 6.21. The van der Waals surface area contributed by atoms with Crippen LogP contribution in [0.2, 0.25) is 5.02 Å². The predicted octanol–water partition coefficient (Wildman–Crippen LogP) is 0.962. The Balaban J connectivity index is 1.91. The molecule has 1 N–H and O–H groups in total. The number of hydrogen-bond donors (Lipinski definition) is 1. The first kappa shape index (κ1) is 16.9. The summed E-state index contributed by atoms with van der Waals surface area (Å²) < 4.78 is 8.63. The molecular formula is C17H18ClN5O3. The number of anilines is 1. The Morgan fingerprint density at radius 3 is 2.58 bits per heavy atom. The van der Waals surface area contributed by atoms with Gasteiger partial charge in [-0.25, -0.2) is 4.79 Å². The molecule has 0 bridgehead atoms. The summed E-state index contributed by atoms with van der Waals surface area (Å²) in [5.41, 5.74) is 0.811. The zero-order chi connectivity index (χ0) is 18.3. The molecule has 1 saturated heterocycles. The Morgan fingerprint density at radius 2 is 1.88 bits per heavy atom. The van der Waals surface area contributed by atoms with Gasteiger partial charge in [-0.3, -0.25) is 18.9 Å². The van der Waals surface area contributed by atoms with Crippen molar-refractivity contribution in [3.05, 3.63) is 55.7 Å². The van der Waals surface area contributed by atoms with Gasteiger partial charge in [0.1, 0.15) is 0 Å². The van der Waals surface area contributed by atoms with Gasteiger partial charge in [-0.15, -0.1) is 0 Å². The zero-order valence-corrected chi connectivity index (χ0v) is 15.0. The number of morpholine rings is 1. The first-order valence-electron chi connectivity index (χ1n) is 8.31. The number of H-pyrrole nitrogens is 1. The summed E-state index contributed by atoms with van der Waals surface area (Å²) in [5.74, 6) is 0.657. The van der Waals surface area contributed by atoms with Crippen molar-refractivity contribution in [2.24, 2.45) is 7.05 Å². The lowest BCUT2D eigenvalue weighted by Gasteiger charge is -2.28. The highest BCUT2D eigenvalue weighted by Crippen LogP contribution is 2.22. The fourth-order valence-electron chi connectivity index (χ4n) is 3.15. The third kappa shape index (κ3) is 2.91. The van der Waals surface area contributed by atoms with Crippen molar-refractivity contribution in [2.45, 2.75) is 6.54 Å². The van der Waals surface area contributed by atoms with E-state index >= 15 is 0 Å². The number of rotatable bonds is 3. The average Bonchev–Trinajstić information content (AvgIpc) is 3.02.